The van der Waals surface area contributed by atoms with E-state index in [2.05, 4.69) is 46.5 Å². The standard InChI is InChI=1S/C23H24ClN5O/c1-15-5-6-29-21(16(2)25-22(29)11-15)14-27-7-9-28(10-8-27)23(30)20-12-17-3-4-18(24)13-19(17)26-20/h3-6,11-13,26H,7-10,14H2,1-2H3. The summed E-state index contributed by atoms with van der Waals surface area (Å²) in [6, 6.07) is 11.8. The van der Waals surface area contributed by atoms with E-state index < -0.39 is 0 Å². The molecule has 1 fully saturated rings. The van der Waals surface area contributed by atoms with Gasteiger partial charge in [0.1, 0.15) is 11.3 Å². The molecule has 4 heterocycles. The first-order valence-electron chi connectivity index (χ1n) is 10.2. The second-order valence-electron chi connectivity index (χ2n) is 8.06. The summed E-state index contributed by atoms with van der Waals surface area (Å²) < 4.78 is 2.18. The van der Waals surface area contributed by atoms with Crippen molar-refractivity contribution in [2.45, 2.75) is 20.4 Å². The average Bonchev–Trinajstić information content (AvgIpc) is 3.28. The fourth-order valence-corrected chi connectivity index (χ4v) is 4.38. The van der Waals surface area contributed by atoms with Gasteiger partial charge >= 0.3 is 0 Å². The molecule has 6 nitrogen and oxygen atoms in total. The van der Waals surface area contributed by atoms with E-state index in [1.54, 1.807) is 0 Å². The highest BCUT2D eigenvalue weighted by Crippen LogP contribution is 2.22. The number of piperazine rings is 1. The monoisotopic (exact) mass is 421 g/mol. The Morgan fingerprint density at radius 2 is 1.90 bits per heavy atom. The molecule has 30 heavy (non-hydrogen) atoms. The minimum absolute atomic E-state index is 0.0448. The molecule has 1 aliphatic heterocycles. The molecule has 0 aliphatic carbocycles. The van der Waals surface area contributed by atoms with Crippen LogP contribution in [0.5, 0.6) is 0 Å². The highest BCUT2D eigenvalue weighted by molar-refractivity contribution is 6.31. The van der Waals surface area contributed by atoms with Crippen LogP contribution in [0.4, 0.5) is 0 Å². The molecule has 0 radical (unpaired) electrons. The van der Waals surface area contributed by atoms with Gasteiger partial charge in [-0.2, -0.15) is 0 Å². The van der Waals surface area contributed by atoms with Gasteiger partial charge in [-0.15, -0.1) is 0 Å². The lowest BCUT2D eigenvalue weighted by molar-refractivity contribution is 0.0621. The molecule has 1 N–H and O–H groups in total. The summed E-state index contributed by atoms with van der Waals surface area (Å²) >= 11 is 6.06. The zero-order valence-electron chi connectivity index (χ0n) is 17.2. The molecule has 0 bridgehead atoms. The predicted octanol–water partition coefficient (Wildman–Crippen LogP) is 4.04. The number of aromatic nitrogens is 3. The first-order valence-corrected chi connectivity index (χ1v) is 10.6. The van der Waals surface area contributed by atoms with Gasteiger partial charge in [-0.05, 0) is 49.7 Å². The van der Waals surface area contributed by atoms with Crippen LogP contribution in [0.3, 0.4) is 0 Å². The minimum Gasteiger partial charge on any atom is -0.350 e. The zero-order chi connectivity index (χ0) is 20.8. The van der Waals surface area contributed by atoms with E-state index in [1.807, 2.05) is 29.2 Å². The Bertz CT molecular complexity index is 1250. The molecule has 1 aromatic carbocycles. The summed E-state index contributed by atoms with van der Waals surface area (Å²) in [5.41, 5.74) is 6.00. The number of aryl methyl sites for hydroxylation is 2. The number of imidazole rings is 1. The van der Waals surface area contributed by atoms with E-state index in [0.717, 1.165) is 41.9 Å². The number of rotatable bonds is 3. The van der Waals surface area contributed by atoms with Gasteiger partial charge < -0.3 is 14.3 Å². The maximum atomic E-state index is 13.0. The fraction of sp³-hybridized carbons (Fsp3) is 0.304. The first kappa shape index (κ1) is 19.2. The van der Waals surface area contributed by atoms with E-state index in [1.165, 1.54) is 11.3 Å². The quantitative estimate of drug-likeness (QED) is 0.543. The van der Waals surface area contributed by atoms with Gasteiger partial charge in [-0.25, -0.2) is 4.98 Å². The van der Waals surface area contributed by atoms with Crippen LogP contribution in [0, 0.1) is 13.8 Å². The van der Waals surface area contributed by atoms with Crippen LogP contribution in [0.2, 0.25) is 5.02 Å². The molecular formula is C23H24ClN5O. The molecule has 0 atom stereocenters. The molecule has 1 amide bonds. The van der Waals surface area contributed by atoms with Crippen LogP contribution in [0.15, 0.2) is 42.6 Å². The lowest BCUT2D eigenvalue weighted by Gasteiger charge is -2.34. The topological polar surface area (TPSA) is 56.6 Å². The lowest BCUT2D eigenvalue weighted by atomic mass is 10.2. The molecule has 5 rings (SSSR count). The minimum atomic E-state index is 0.0448. The number of fused-ring (bicyclic) bond motifs is 2. The Labute approximate surface area is 180 Å². The van der Waals surface area contributed by atoms with Crippen molar-refractivity contribution in [3.63, 3.8) is 0 Å². The summed E-state index contributed by atoms with van der Waals surface area (Å²) in [5, 5.41) is 1.66. The second-order valence-corrected chi connectivity index (χ2v) is 8.50. The predicted molar refractivity (Wildman–Crippen MR) is 119 cm³/mol. The number of pyridine rings is 1. The maximum Gasteiger partial charge on any atom is 0.270 e. The highest BCUT2D eigenvalue weighted by atomic mass is 35.5. The third-order valence-electron chi connectivity index (χ3n) is 5.93. The Morgan fingerprint density at radius 3 is 2.70 bits per heavy atom. The number of carbonyl (C=O) groups is 1. The fourth-order valence-electron chi connectivity index (χ4n) is 4.21. The molecule has 0 unspecified atom stereocenters. The van der Waals surface area contributed by atoms with Crippen molar-refractivity contribution in [1.82, 2.24) is 24.2 Å². The number of nitrogens with zero attached hydrogens (tertiary/aromatic N) is 4. The number of aromatic amines is 1. The highest BCUT2D eigenvalue weighted by Gasteiger charge is 2.24. The van der Waals surface area contributed by atoms with E-state index in [4.69, 9.17) is 16.6 Å². The first-order chi connectivity index (χ1) is 14.5. The number of hydrogen-bond acceptors (Lipinski definition) is 3. The van der Waals surface area contributed by atoms with E-state index >= 15 is 0 Å². The Hall–Kier alpha value is -2.83. The van der Waals surface area contributed by atoms with E-state index in [0.29, 0.717) is 23.8 Å². The molecule has 154 valence electrons. The third-order valence-corrected chi connectivity index (χ3v) is 6.16. The molecular weight excluding hydrogens is 398 g/mol. The van der Waals surface area contributed by atoms with Gasteiger partial charge in [-0.1, -0.05) is 17.7 Å². The van der Waals surface area contributed by atoms with Crippen molar-refractivity contribution >= 4 is 34.1 Å². The largest absolute Gasteiger partial charge is 0.350 e. The van der Waals surface area contributed by atoms with Crippen molar-refractivity contribution < 1.29 is 4.79 Å². The molecule has 1 aliphatic rings. The van der Waals surface area contributed by atoms with E-state index in [9.17, 15) is 4.79 Å². The van der Waals surface area contributed by atoms with Crippen molar-refractivity contribution in [3.8, 4) is 0 Å². The van der Waals surface area contributed by atoms with Crippen molar-refractivity contribution in [1.29, 1.82) is 0 Å². The Kier molecular flexibility index (Phi) is 4.76. The number of halogens is 1. The van der Waals surface area contributed by atoms with Gasteiger partial charge in [-0.3, -0.25) is 9.69 Å². The second kappa shape index (κ2) is 7.45. The maximum absolute atomic E-state index is 13.0. The number of benzene rings is 1. The number of carbonyl (C=O) groups excluding carboxylic acids is 1. The molecule has 0 saturated carbocycles. The van der Waals surface area contributed by atoms with Crippen LogP contribution < -0.4 is 0 Å². The summed E-state index contributed by atoms with van der Waals surface area (Å²) in [7, 11) is 0. The van der Waals surface area contributed by atoms with Gasteiger partial charge in [0, 0.05) is 54.8 Å². The zero-order valence-corrected chi connectivity index (χ0v) is 17.9. The van der Waals surface area contributed by atoms with Gasteiger partial charge in [0.05, 0.1) is 11.4 Å². The summed E-state index contributed by atoms with van der Waals surface area (Å²) in [4.78, 5) is 25.2. The van der Waals surface area contributed by atoms with Crippen LogP contribution in [-0.4, -0.2) is 56.3 Å². The van der Waals surface area contributed by atoms with Crippen LogP contribution in [0.25, 0.3) is 16.6 Å². The normalized spacial score (nSPS) is 15.4. The smallest absolute Gasteiger partial charge is 0.270 e. The van der Waals surface area contributed by atoms with Gasteiger partial charge in [0.2, 0.25) is 0 Å². The Balaban J connectivity index is 1.27. The van der Waals surface area contributed by atoms with Crippen LogP contribution in [-0.2, 0) is 6.54 Å². The third kappa shape index (κ3) is 3.46. The van der Waals surface area contributed by atoms with Gasteiger partial charge in [0.25, 0.3) is 5.91 Å². The SMILES string of the molecule is Cc1ccn2c(CN3CCN(C(=O)c4cc5ccc(Cl)cc5[nH]4)CC3)c(C)nc2c1. The van der Waals surface area contributed by atoms with Crippen LogP contribution in [0.1, 0.15) is 27.4 Å². The Morgan fingerprint density at radius 1 is 1.10 bits per heavy atom. The van der Waals surface area contributed by atoms with Crippen LogP contribution >= 0.6 is 11.6 Å². The molecule has 1 saturated heterocycles. The number of amides is 1. The van der Waals surface area contributed by atoms with Gasteiger partial charge in [0.15, 0.2) is 0 Å². The summed E-state index contributed by atoms with van der Waals surface area (Å²) in [6.07, 6.45) is 2.10. The molecule has 4 aromatic rings. The van der Waals surface area contributed by atoms with Crippen molar-refractivity contribution in [2.75, 3.05) is 26.2 Å². The van der Waals surface area contributed by atoms with Crippen molar-refractivity contribution in [2.24, 2.45) is 0 Å². The lowest BCUT2D eigenvalue weighted by Crippen LogP contribution is -2.48. The van der Waals surface area contributed by atoms with Crippen molar-refractivity contribution in [3.05, 3.63) is 70.3 Å². The summed E-state index contributed by atoms with van der Waals surface area (Å²) in [5.74, 6) is 0.0448. The average molecular weight is 422 g/mol. The molecule has 0 spiro atoms. The molecule has 3 aromatic heterocycles. The number of hydrogen-bond donors (Lipinski definition) is 1. The van der Waals surface area contributed by atoms with E-state index in [-0.39, 0.29) is 5.91 Å². The molecule has 7 heteroatoms. The number of H-pyrrole nitrogens is 1. The number of nitrogens with one attached hydrogen (secondary N) is 1. The summed E-state index contributed by atoms with van der Waals surface area (Å²) in [6.45, 7) is 8.10.